The summed E-state index contributed by atoms with van der Waals surface area (Å²) in [5, 5.41) is 4.17. The normalized spacial score (nSPS) is 13.5. The summed E-state index contributed by atoms with van der Waals surface area (Å²) < 4.78 is 27.1. The van der Waals surface area contributed by atoms with Crippen LogP contribution in [0.2, 0.25) is 0 Å². The molecule has 0 radical (unpaired) electrons. The van der Waals surface area contributed by atoms with Gasteiger partial charge in [0.05, 0.1) is 0 Å². The van der Waals surface area contributed by atoms with Crippen molar-refractivity contribution in [1.29, 1.82) is 0 Å². The summed E-state index contributed by atoms with van der Waals surface area (Å²) in [5.74, 6) is -2.00. The van der Waals surface area contributed by atoms with Gasteiger partial charge in [-0.05, 0) is 26.0 Å². The topological polar surface area (TPSA) is 45.7 Å². The number of rotatable bonds is 5. The molecule has 0 spiro atoms. The zero-order chi connectivity index (χ0) is 16.1. The van der Waals surface area contributed by atoms with Crippen molar-refractivity contribution in [3.05, 3.63) is 65.7 Å². The number of nitrogens with one attached hydrogen (secondary N) is 1. The minimum Gasteiger partial charge on any atom is -0.330 e. The average molecular weight is 305 g/mol. The van der Waals surface area contributed by atoms with Crippen LogP contribution in [0, 0.1) is 11.6 Å². The molecule has 2 rings (SSSR count). The van der Waals surface area contributed by atoms with Gasteiger partial charge in [0, 0.05) is 5.56 Å². The summed E-state index contributed by atoms with van der Waals surface area (Å²) >= 11 is 0. The molecule has 0 heterocycles. The molecule has 0 unspecified atom stereocenters. The summed E-state index contributed by atoms with van der Waals surface area (Å²) in [6.07, 6.45) is 0. The summed E-state index contributed by atoms with van der Waals surface area (Å²) in [7, 11) is 0. The third-order valence-electron chi connectivity index (χ3n) is 3.53. The summed E-state index contributed by atoms with van der Waals surface area (Å²) in [6.45, 7) is 3.68. The average Bonchev–Trinajstić information content (AvgIpc) is 2.51. The van der Waals surface area contributed by atoms with Crippen LogP contribution < -0.4 is 10.6 Å². The molecule has 5 heteroatoms. The first kappa shape index (κ1) is 16.1. The number of nitrogens with two attached hydrogens (primary N) is 1. The molecule has 2 aromatic rings. The van der Waals surface area contributed by atoms with Crippen LogP contribution in [0.3, 0.4) is 0 Å². The lowest BCUT2D eigenvalue weighted by molar-refractivity contribution is -0.709. The highest BCUT2D eigenvalue weighted by Crippen LogP contribution is 2.18. The first-order valence-corrected chi connectivity index (χ1v) is 7.14. The Morgan fingerprint density at radius 2 is 1.59 bits per heavy atom. The monoisotopic (exact) mass is 305 g/mol. The van der Waals surface area contributed by atoms with E-state index >= 15 is 0 Å². The highest BCUT2D eigenvalue weighted by Gasteiger charge is 2.22. The molecule has 0 aliphatic rings. The Labute approximate surface area is 128 Å². The number of benzene rings is 2. The number of quaternary nitrogens is 1. The molecular weight excluding hydrogens is 286 g/mol. The van der Waals surface area contributed by atoms with Gasteiger partial charge in [0.2, 0.25) is 0 Å². The van der Waals surface area contributed by atoms with Crippen molar-refractivity contribution in [3.63, 3.8) is 0 Å². The number of hydrogen-bond acceptors (Lipinski definition) is 1. The molecule has 0 saturated carbocycles. The fourth-order valence-corrected chi connectivity index (χ4v) is 2.24. The molecule has 1 amide bonds. The van der Waals surface area contributed by atoms with Crippen molar-refractivity contribution in [2.45, 2.75) is 25.9 Å². The minimum atomic E-state index is -0.781. The second-order valence-electron chi connectivity index (χ2n) is 5.27. The van der Waals surface area contributed by atoms with Gasteiger partial charge in [-0.25, -0.2) is 8.78 Å². The van der Waals surface area contributed by atoms with Crippen LogP contribution in [0.15, 0.2) is 48.5 Å². The fourth-order valence-electron chi connectivity index (χ4n) is 2.24. The van der Waals surface area contributed by atoms with E-state index in [9.17, 15) is 13.6 Å². The number of carbonyl (C=O) groups is 1. The van der Waals surface area contributed by atoms with Crippen LogP contribution in [0.4, 0.5) is 14.5 Å². The molecule has 3 nitrogen and oxygen atoms in total. The van der Waals surface area contributed by atoms with Crippen LogP contribution in [0.1, 0.15) is 25.5 Å². The number of hydrogen-bond donors (Lipinski definition) is 2. The van der Waals surface area contributed by atoms with E-state index in [2.05, 4.69) is 5.32 Å². The minimum absolute atomic E-state index is 0.0624. The van der Waals surface area contributed by atoms with E-state index in [0.717, 1.165) is 17.7 Å². The molecule has 2 aromatic carbocycles. The first-order valence-electron chi connectivity index (χ1n) is 7.14. The molecule has 0 bridgehead atoms. The largest absolute Gasteiger partial charge is 0.330 e. The van der Waals surface area contributed by atoms with Crippen molar-refractivity contribution < 1.29 is 18.9 Å². The second-order valence-corrected chi connectivity index (χ2v) is 5.27. The highest BCUT2D eigenvalue weighted by molar-refractivity contribution is 5.93. The van der Waals surface area contributed by atoms with Crippen molar-refractivity contribution >= 4 is 11.6 Å². The van der Waals surface area contributed by atoms with E-state index in [-0.39, 0.29) is 6.04 Å². The van der Waals surface area contributed by atoms with Crippen molar-refractivity contribution in [2.75, 3.05) is 5.32 Å². The van der Waals surface area contributed by atoms with Crippen LogP contribution in [0.5, 0.6) is 0 Å². The molecule has 0 aliphatic carbocycles. The molecule has 2 atom stereocenters. The number of para-hydroxylation sites is 1. The van der Waals surface area contributed by atoms with Gasteiger partial charge in [0.15, 0.2) is 6.04 Å². The van der Waals surface area contributed by atoms with E-state index in [1.807, 2.05) is 42.6 Å². The van der Waals surface area contributed by atoms with Gasteiger partial charge in [-0.15, -0.1) is 0 Å². The zero-order valence-corrected chi connectivity index (χ0v) is 12.5. The number of amides is 1. The summed E-state index contributed by atoms with van der Waals surface area (Å²) in [5.41, 5.74) is 0.680. The Kier molecular flexibility index (Phi) is 5.22. The van der Waals surface area contributed by atoms with Crippen LogP contribution in [0.25, 0.3) is 0 Å². The van der Waals surface area contributed by atoms with Gasteiger partial charge in [-0.3, -0.25) is 4.79 Å². The highest BCUT2D eigenvalue weighted by atomic mass is 19.1. The molecule has 3 N–H and O–H groups in total. The third-order valence-corrected chi connectivity index (χ3v) is 3.53. The lowest BCUT2D eigenvalue weighted by atomic mass is 10.1. The lowest BCUT2D eigenvalue weighted by Gasteiger charge is -2.17. The molecule has 22 heavy (non-hydrogen) atoms. The van der Waals surface area contributed by atoms with Crippen molar-refractivity contribution in [3.8, 4) is 0 Å². The van der Waals surface area contributed by atoms with Crippen molar-refractivity contribution in [1.82, 2.24) is 0 Å². The van der Waals surface area contributed by atoms with Gasteiger partial charge in [0.1, 0.15) is 23.4 Å². The van der Waals surface area contributed by atoms with Gasteiger partial charge in [0.25, 0.3) is 5.91 Å². The maximum Gasteiger partial charge on any atom is 0.282 e. The number of halogens is 2. The van der Waals surface area contributed by atoms with E-state index < -0.39 is 29.3 Å². The number of carbonyl (C=O) groups excluding carboxylic acids is 1. The Hall–Kier alpha value is -2.27. The fraction of sp³-hybridized carbons (Fsp3) is 0.235. The standard InChI is InChI=1S/C17H18F2N2O/c1-11(13-7-4-3-5-8-13)20-12(2)17(22)21-16-14(18)9-6-10-15(16)19/h3-12,20H,1-2H3,(H,21,22)/p+1/t11-,12-/m1/s1. The quantitative estimate of drug-likeness (QED) is 0.876. The van der Waals surface area contributed by atoms with Gasteiger partial charge >= 0.3 is 0 Å². The molecule has 0 aliphatic heterocycles. The van der Waals surface area contributed by atoms with Crippen molar-refractivity contribution in [2.24, 2.45) is 0 Å². The lowest BCUT2D eigenvalue weighted by Crippen LogP contribution is -2.91. The van der Waals surface area contributed by atoms with Crippen LogP contribution in [-0.4, -0.2) is 11.9 Å². The van der Waals surface area contributed by atoms with Gasteiger partial charge < -0.3 is 10.6 Å². The SMILES string of the molecule is C[C@@H]([NH2+][C@H](C)c1ccccc1)C(=O)Nc1c(F)cccc1F. The van der Waals surface area contributed by atoms with E-state index in [1.165, 1.54) is 6.07 Å². The smallest absolute Gasteiger partial charge is 0.282 e. The second kappa shape index (κ2) is 7.13. The van der Waals surface area contributed by atoms with Crippen LogP contribution >= 0.6 is 0 Å². The Bertz CT molecular complexity index is 626. The van der Waals surface area contributed by atoms with E-state index in [1.54, 1.807) is 6.92 Å². The predicted octanol–water partition coefficient (Wildman–Crippen LogP) is 2.62. The maximum atomic E-state index is 13.5. The van der Waals surface area contributed by atoms with E-state index in [0.29, 0.717) is 0 Å². The zero-order valence-electron chi connectivity index (χ0n) is 12.5. The Morgan fingerprint density at radius 1 is 1.00 bits per heavy atom. The molecule has 0 aromatic heterocycles. The first-order chi connectivity index (χ1) is 10.5. The Balaban J connectivity index is 2.01. The summed E-state index contributed by atoms with van der Waals surface area (Å²) in [4.78, 5) is 12.1. The summed E-state index contributed by atoms with van der Waals surface area (Å²) in [6, 6.07) is 12.8. The van der Waals surface area contributed by atoms with Gasteiger partial charge in [-0.1, -0.05) is 36.4 Å². The Morgan fingerprint density at radius 3 is 2.18 bits per heavy atom. The predicted molar refractivity (Wildman–Crippen MR) is 81.2 cm³/mol. The molecule has 0 fully saturated rings. The van der Waals surface area contributed by atoms with Crippen LogP contribution in [-0.2, 0) is 4.79 Å². The molecule has 0 saturated heterocycles. The maximum absolute atomic E-state index is 13.5. The number of anilines is 1. The third kappa shape index (κ3) is 3.89. The van der Waals surface area contributed by atoms with Gasteiger partial charge in [-0.2, -0.15) is 0 Å². The molecule has 116 valence electrons. The molecular formula is C17H19F2N2O+. The van der Waals surface area contributed by atoms with E-state index in [4.69, 9.17) is 0 Å².